The lowest BCUT2D eigenvalue weighted by atomic mass is 10.1. The second-order valence-corrected chi connectivity index (χ2v) is 5.91. The highest BCUT2D eigenvalue weighted by Crippen LogP contribution is 2.24. The third-order valence-corrected chi connectivity index (χ3v) is 3.99. The van der Waals surface area contributed by atoms with E-state index < -0.39 is 17.8 Å². The fraction of sp³-hybridized carbons (Fsp3) is 0.0952. The van der Waals surface area contributed by atoms with Gasteiger partial charge in [-0.3, -0.25) is 4.79 Å². The topological polar surface area (TPSA) is 94.8 Å². The fourth-order valence-electron chi connectivity index (χ4n) is 2.59. The van der Waals surface area contributed by atoms with Gasteiger partial charge in [0, 0.05) is 11.3 Å². The molecule has 29 heavy (non-hydrogen) atoms. The molecular weight excluding hydrogens is 381 g/mol. The molecule has 1 aromatic heterocycles. The molecule has 0 aliphatic carbocycles. The highest BCUT2D eigenvalue weighted by atomic mass is 19.1. The van der Waals surface area contributed by atoms with E-state index in [9.17, 15) is 18.8 Å². The van der Waals surface area contributed by atoms with Crippen LogP contribution in [0.25, 0.3) is 11.3 Å². The molecule has 0 saturated carbocycles. The van der Waals surface area contributed by atoms with E-state index >= 15 is 0 Å². The lowest BCUT2D eigenvalue weighted by Gasteiger charge is -2.08. The number of nitrogens with one attached hydrogen (secondary N) is 1. The van der Waals surface area contributed by atoms with E-state index in [2.05, 4.69) is 14.8 Å². The molecule has 0 radical (unpaired) electrons. The predicted octanol–water partition coefficient (Wildman–Crippen LogP) is 3.91. The first-order chi connectivity index (χ1) is 13.9. The summed E-state index contributed by atoms with van der Waals surface area (Å²) in [6.07, 6.45) is 0. The number of halogens is 1. The van der Waals surface area contributed by atoms with Crippen molar-refractivity contribution in [2.24, 2.45) is 0 Å². The molecule has 1 amide bonds. The Hall–Kier alpha value is -3.94. The normalized spacial score (nSPS) is 10.3. The molecule has 0 saturated heterocycles. The van der Waals surface area contributed by atoms with Crippen LogP contribution in [0.1, 0.15) is 31.3 Å². The van der Waals surface area contributed by atoms with Gasteiger partial charge < -0.3 is 19.2 Å². The first-order valence-electron chi connectivity index (χ1n) is 8.40. The molecule has 0 aliphatic heterocycles. The van der Waals surface area contributed by atoms with Crippen LogP contribution in [-0.2, 0) is 9.47 Å². The largest absolute Gasteiger partial charge is 0.465 e. The fourth-order valence-corrected chi connectivity index (χ4v) is 2.59. The lowest BCUT2D eigenvalue weighted by molar-refractivity contribution is 0.0599. The molecule has 0 bridgehead atoms. The number of rotatable bonds is 5. The Morgan fingerprint density at radius 1 is 0.862 bits per heavy atom. The average molecular weight is 397 g/mol. The Bertz CT molecular complexity index is 1040. The molecule has 0 aliphatic rings. The summed E-state index contributed by atoms with van der Waals surface area (Å²) in [7, 11) is 2.40. The van der Waals surface area contributed by atoms with Crippen molar-refractivity contribution in [1.29, 1.82) is 0 Å². The van der Waals surface area contributed by atoms with Gasteiger partial charge in [-0.05, 0) is 54.6 Å². The van der Waals surface area contributed by atoms with Crippen molar-refractivity contribution in [2.45, 2.75) is 0 Å². The van der Waals surface area contributed by atoms with E-state index in [1.807, 2.05) is 0 Å². The van der Waals surface area contributed by atoms with Gasteiger partial charge in [0.1, 0.15) is 11.6 Å². The Balaban J connectivity index is 1.85. The summed E-state index contributed by atoms with van der Waals surface area (Å²) in [4.78, 5) is 36.2. The van der Waals surface area contributed by atoms with Gasteiger partial charge in [-0.15, -0.1) is 0 Å². The van der Waals surface area contributed by atoms with Crippen molar-refractivity contribution < 1.29 is 32.7 Å². The first kappa shape index (κ1) is 19.8. The predicted molar refractivity (Wildman–Crippen MR) is 101 cm³/mol. The van der Waals surface area contributed by atoms with Gasteiger partial charge in [0.05, 0.1) is 25.3 Å². The van der Waals surface area contributed by atoms with Gasteiger partial charge in [0.25, 0.3) is 5.91 Å². The van der Waals surface area contributed by atoms with Crippen LogP contribution in [0.2, 0.25) is 0 Å². The molecule has 3 rings (SSSR count). The maximum absolute atomic E-state index is 13.0. The summed E-state index contributed by atoms with van der Waals surface area (Å²) >= 11 is 0. The van der Waals surface area contributed by atoms with Crippen LogP contribution >= 0.6 is 0 Å². The summed E-state index contributed by atoms with van der Waals surface area (Å²) in [6, 6.07) is 12.7. The van der Waals surface area contributed by atoms with Crippen molar-refractivity contribution >= 4 is 23.5 Å². The van der Waals surface area contributed by atoms with Crippen LogP contribution < -0.4 is 5.32 Å². The zero-order valence-corrected chi connectivity index (χ0v) is 15.5. The number of carbonyl (C=O) groups is 3. The maximum Gasteiger partial charge on any atom is 0.337 e. The van der Waals surface area contributed by atoms with E-state index in [4.69, 9.17) is 4.42 Å². The van der Waals surface area contributed by atoms with Crippen molar-refractivity contribution in [3.8, 4) is 11.3 Å². The minimum Gasteiger partial charge on any atom is -0.465 e. The highest BCUT2D eigenvalue weighted by molar-refractivity contribution is 6.04. The number of hydrogen-bond donors (Lipinski definition) is 1. The monoisotopic (exact) mass is 397 g/mol. The quantitative estimate of drug-likeness (QED) is 0.656. The molecule has 0 fully saturated rings. The summed E-state index contributed by atoms with van der Waals surface area (Å²) < 4.78 is 27.9. The summed E-state index contributed by atoms with van der Waals surface area (Å²) in [5.41, 5.74) is 0.915. The molecule has 1 N–H and O–H groups in total. The van der Waals surface area contributed by atoms with Gasteiger partial charge >= 0.3 is 11.9 Å². The van der Waals surface area contributed by atoms with E-state index in [0.29, 0.717) is 11.3 Å². The average Bonchev–Trinajstić information content (AvgIpc) is 3.23. The maximum atomic E-state index is 13.0. The van der Waals surface area contributed by atoms with Crippen LogP contribution in [0.5, 0.6) is 0 Å². The summed E-state index contributed by atoms with van der Waals surface area (Å²) in [5.74, 6) is -1.96. The van der Waals surface area contributed by atoms with Gasteiger partial charge in [-0.25, -0.2) is 14.0 Å². The molecule has 1 heterocycles. The second-order valence-electron chi connectivity index (χ2n) is 5.91. The van der Waals surface area contributed by atoms with Crippen molar-refractivity contribution in [3.05, 3.63) is 77.3 Å². The van der Waals surface area contributed by atoms with Crippen molar-refractivity contribution in [3.63, 3.8) is 0 Å². The standard InChI is InChI=1S/C21H16FNO6/c1-27-20(25)13-9-14(21(26)28-2)11-16(10-13)23-19(24)18-8-7-17(29-18)12-3-5-15(22)6-4-12/h3-11H,1-2H3,(H,23,24). The van der Waals surface area contributed by atoms with Crippen LogP contribution in [-0.4, -0.2) is 32.1 Å². The number of esters is 2. The van der Waals surface area contributed by atoms with Crippen LogP contribution in [0.3, 0.4) is 0 Å². The van der Waals surface area contributed by atoms with Gasteiger partial charge in [-0.2, -0.15) is 0 Å². The Kier molecular flexibility index (Phi) is 5.73. The third kappa shape index (κ3) is 4.49. The Morgan fingerprint density at radius 3 is 2.00 bits per heavy atom. The zero-order chi connectivity index (χ0) is 21.0. The number of furan rings is 1. The van der Waals surface area contributed by atoms with Crippen molar-refractivity contribution in [2.75, 3.05) is 19.5 Å². The molecule has 0 spiro atoms. The number of hydrogen-bond acceptors (Lipinski definition) is 6. The second kappa shape index (κ2) is 8.39. The first-order valence-corrected chi connectivity index (χ1v) is 8.40. The van der Waals surface area contributed by atoms with Crippen LogP contribution in [0.4, 0.5) is 10.1 Å². The van der Waals surface area contributed by atoms with Gasteiger partial charge in [-0.1, -0.05) is 0 Å². The number of amides is 1. The summed E-state index contributed by atoms with van der Waals surface area (Å²) in [5, 5.41) is 2.56. The van der Waals surface area contributed by atoms with Crippen molar-refractivity contribution in [1.82, 2.24) is 0 Å². The molecule has 2 aromatic carbocycles. The number of benzene rings is 2. The van der Waals surface area contributed by atoms with Gasteiger partial charge in [0.2, 0.25) is 0 Å². The zero-order valence-electron chi connectivity index (χ0n) is 15.5. The molecule has 148 valence electrons. The number of anilines is 1. The van der Waals surface area contributed by atoms with E-state index in [0.717, 1.165) is 0 Å². The molecular formula is C21H16FNO6. The smallest absolute Gasteiger partial charge is 0.337 e. The number of carbonyl (C=O) groups excluding carboxylic acids is 3. The minimum absolute atomic E-state index is 0.00702. The highest BCUT2D eigenvalue weighted by Gasteiger charge is 2.17. The molecule has 0 unspecified atom stereocenters. The lowest BCUT2D eigenvalue weighted by Crippen LogP contribution is -2.13. The SMILES string of the molecule is COC(=O)c1cc(NC(=O)c2ccc(-c3ccc(F)cc3)o2)cc(C(=O)OC)c1. The third-order valence-electron chi connectivity index (χ3n) is 3.99. The minimum atomic E-state index is -0.678. The summed E-state index contributed by atoms with van der Waals surface area (Å²) in [6.45, 7) is 0. The van der Waals surface area contributed by atoms with Crippen LogP contribution in [0, 0.1) is 5.82 Å². The number of ether oxygens (including phenoxy) is 2. The molecule has 0 atom stereocenters. The van der Waals surface area contributed by atoms with E-state index in [1.54, 1.807) is 6.07 Å². The van der Waals surface area contributed by atoms with E-state index in [-0.39, 0.29) is 28.4 Å². The Labute approximate surface area is 165 Å². The molecule has 7 nitrogen and oxygen atoms in total. The molecule has 3 aromatic rings. The Morgan fingerprint density at radius 2 is 1.45 bits per heavy atom. The number of methoxy groups -OCH3 is 2. The van der Waals surface area contributed by atoms with Crippen LogP contribution in [0.15, 0.2) is 59.0 Å². The molecule has 8 heteroatoms. The van der Waals surface area contributed by atoms with E-state index in [1.165, 1.54) is 62.8 Å². The van der Waals surface area contributed by atoms with Gasteiger partial charge in [0.15, 0.2) is 5.76 Å².